The van der Waals surface area contributed by atoms with Crippen molar-refractivity contribution < 1.29 is 13.6 Å². The lowest BCUT2D eigenvalue weighted by molar-refractivity contribution is -0.119. The van der Waals surface area contributed by atoms with Crippen LogP contribution in [0.2, 0.25) is 0 Å². The van der Waals surface area contributed by atoms with E-state index in [1.54, 1.807) is 0 Å². The van der Waals surface area contributed by atoms with E-state index in [9.17, 15) is 13.6 Å². The zero-order valence-electron chi connectivity index (χ0n) is 11.8. The molecule has 1 aliphatic heterocycles. The number of anilines is 1. The van der Waals surface area contributed by atoms with Gasteiger partial charge in [-0.2, -0.15) is 0 Å². The fraction of sp³-hybridized carbons (Fsp3) is 0.533. The number of benzene rings is 1. The summed E-state index contributed by atoms with van der Waals surface area (Å²) in [4.78, 5) is 12.1. The minimum Gasteiger partial charge on any atom is -0.322 e. The molecule has 1 heterocycles. The molecule has 0 saturated carbocycles. The van der Waals surface area contributed by atoms with Gasteiger partial charge in [-0.05, 0) is 43.9 Å². The molecule has 3 nitrogen and oxygen atoms in total. The summed E-state index contributed by atoms with van der Waals surface area (Å²) < 4.78 is 27.1. The van der Waals surface area contributed by atoms with E-state index in [1.165, 1.54) is 6.92 Å². The summed E-state index contributed by atoms with van der Waals surface area (Å²) in [7, 11) is 0. The molecule has 1 aliphatic rings. The number of piperidine rings is 1. The average Bonchev–Trinajstić information content (AvgIpc) is 2.44. The molecular weight excluding hydrogens is 262 g/mol. The molecule has 1 aromatic rings. The van der Waals surface area contributed by atoms with Gasteiger partial charge in [-0.3, -0.25) is 4.79 Å². The second kappa shape index (κ2) is 6.31. The van der Waals surface area contributed by atoms with Crippen molar-refractivity contribution in [2.24, 2.45) is 5.92 Å². The van der Waals surface area contributed by atoms with Gasteiger partial charge in [0, 0.05) is 6.07 Å². The van der Waals surface area contributed by atoms with Crippen molar-refractivity contribution in [1.82, 2.24) is 5.32 Å². The van der Waals surface area contributed by atoms with Crippen LogP contribution in [0, 0.1) is 24.5 Å². The van der Waals surface area contributed by atoms with Crippen LogP contribution in [-0.4, -0.2) is 18.5 Å². The Hall–Kier alpha value is -1.49. The molecule has 2 unspecified atom stereocenters. The van der Waals surface area contributed by atoms with E-state index < -0.39 is 11.6 Å². The van der Waals surface area contributed by atoms with Gasteiger partial charge < -0.3 is 10.6 Å². The lowest BCUT2D eigenvalue weighted by Crippen LogP contribution is -2.46. The molecule has 5 heteroatoms. The molecule has 0 spiro atoms. The Morgan fingerprint density at radius 1 is 1.40 bits per heavy atom. The molecule has 2 rings (SSSR count). The Morgan fingerprint density at radius 2 is 2.15 bits per heavy atom. The number of carbonyl (C=O) groups excluding carboxylic acids is 1. The Balaban J connectivity index is 2.06. The van der Waals surface area contributed by atoms with E-state index in [1.807, 2.05) is 0 Å². The maximum atomic E-state index is 13.7. The summed E-state index contributed by atoms with van der Waals surface area (Å²) >= 11 is 0. The zero-order chi connectivity index (χ0) is 14.7. The van der Waals surface area contributed by atoms with Crippen molar-refractivity contribution >= 4 is 11.6 Å². The number of rotatable bonds is 3. The predicted molar refractivity (Wildman–Crippen MR) is 74.5 cm³/mol. The molecule has 2 N–H and O–H groups in total. The molecule has 2 atom stereocenters. The van der Waals surface area contributed by atoms with Crippen LogP contribution in [0.1, 0.15) is 31.7 Å². The molecule has 110 valence electrons. The van der Waals surface area contributed by atoms with Crippen molar-refractivity contribution in [3.8, 4) is 0 Å². The standard InChI is InChI=1S/C15H20F2N2O/c1-3-10-4-5-18-14(7-10)15(20)19-13-8-11(16)9(2)6-12(13)17/h6,8,10,14,18H,3-5,7H2,1-2H3,(H,19,20). The molecule has 0 aromatic heterocycles. The van der Waals surface area contributed by atoms with Gasteiger partial charge in [0.25, 0.3) is 0 Å². The molecule has 0 bridgehead atoms. The first-order valence-corrected chi connectivity index (χ1v) is 7.01. The third kappa shape index (κ3) is 3.33. The Morgan fingerprint density at radius 3 is 2.85 bits per heavy atom. The normalized spacial score (nSPS) is 22.6. The summed E-state index contributed by atoms with van der Waals surface area (Å²) in [5, 5.41) is 5.60. The first-order valence-electron chi connectivity index (χ1n) is 7.01. The summed E-state index contributed by atoms with van der Waals surface area (Å²) in [6, 6.07) is 1.79. The number of halogens is 2. The Kier molecular flexibility index (Phi) is 4.70. The summed E-state index contributed by atoms with van der Waals surface area (Å²) in [5.41, 5.74) is 0.126. The topological polar surface area (TPSA) is 41.1 Å². The summed E-state index contributed by atoms with van der Waals surface area (Å²) in [5.74, 6) is -0.929. The van der Waals surface area contributed by atoms with E-state index in [0.717, 1.165) is 37.9 Å². The maximum absolute atomic E-state index is 13.7. The van der Waals surface area contributed by atoms with Crippen molar-refractivity contribution in [3.63, 3.8) is 0 Å². The van der Waals surface area contributed by atoms with Gasteiger partial charge in [0.05, 0.1) is 11.7 Å². The largest absolute Gasteiger partial charge is 0.322 e. The number of nitrogens with one attached hydrogen (secondary N) is 2. The number of amides is 1. The maximum Gasteiger partial charge on any atom is 0.241 e. The first kappa shape index (κ1) is 14.9. The van der Waals surface area contributed by atoms with Gasteiger partial charge >= 0.3 is 0 Å². The van der Waals surface area contributed by atoms with Crippen LogP contribution in [0.25, 0.3) is 0 Å². The van der Waals surface area contributed by atoms with E-state index in [-0.39, 0.29) is 23.2 Å². The highest BCUT2D eigenvalue weighted by atomic mass is 19.1. The van der Waals surface area contributed by atoms with Crippen molar-refractivity contribution in [2.45, 2.75) is 39.2 Å². The van der Waals surface area contributed by atoms with Gasteiger partial charge in [-0.25, -0.2) is 8.78 Å². The van der Waals surface area contributed by atoms with Crippen LogP contribution in [0.4, 0.5) is 14.5 Å². The number of carbonyl (C=O) groups is 1. The minimum atomic E-state index is -0.611. The van der Waals surface area contributed by atoms with Crippen LogP contribution >= 0.6 is 0 Å². The molecule has 1 amide bonds. The lowest BCUT2D eigenvalue weighted by Gasteiger charge is -2.28. The van der Waals surface area contributed by atoms with Gasteiger partial charge in [0.1, 0.15) is 11.6 Å². The van der Waals surface area contributed by atoms with Crippen LogP contribution in [0.3, 0.4) is 0 Å². The second-order valence-corrected chi connectivity index (χ2v) is 5.38. The highest BCUT2D eigenvalue weighted by molar-refractivity contribution is 5.95. The Labute approximate surface area is 117 Å². The quantitative estimate of drug-likeness (QED) is 0.895. The second-order valence-electron chi connectivity index (χ2n) is 5.38. The lowest BCUT2D eigenvalue weighted by atomic mass is 9.90. The molecule has 0 aliphatic carbocycles. The van der Waals surface area contributed by atoms with Crippen LogP contribution in [0.5, 0.6) is 0 Å². The van der Waals surface area contributed by atoms with E-state index in [4.69, 9.17) is 0 Å². The van der Waals surface area contributed by atoms with Crippen LogP contribution in [-0.2, 0) is 4.79 Å². The zero-order valence-corrected chi connectivity index (χ0v) is 11.8. The van der Waals surface area contributed by atoms with E-state index in [0.29, 0.717) is 5.92 Å². The van der Waals surface area contributed by atoms with E-state index >= 15 is 0 Å². The minimum absolute atomic E-state index is 0.0986. The van der Waals surface area contributed by atoms with Crippen molar-refractivity contribution in [1.29, 1.82) is 0 Å². The fourth-order valence-corrected chi connectivity index (χ4v) is 2.53. The highest BCUT2D eigenvalue weighted by Gasteiger charge is 2.26. The molecular formula is C15H20F2N2O. The van der Waals surface area contributed by atoms with E-state index in [2.05, 4.69) is 17.6 Å². The summed E-state index contributed by atoms with van der Waals surface area (Å²) in [6.07, 6.45) is 2.81. The molecule has 0 radical (unpaired) electrons. The Bertz CT molecular complexity index is 505. The fourth-order valence-electron chi connectivity index (χ4n) is 2.53. The third-order valence-corrected chi connectivity index (χ3v) is 3.91. The average molecular weight is 282 g/mol. The molecule has 20 heavy (non-hydrogen) atoms. The van der Waals surface area contributed by atoms with Crippen molar-refractivity contribution in [2.75, 3.05) is 11.9 Å². The van der Waals surface area contributed by atoms with Crippen LogP contribution in [0.15, 0.2) is 12.1 Å². The number of hydrogen-bond acceptors (Lipinski definition) is 2. The van der Waals surface area contributed by atoms with Crippen molar-refractivity contribution in [3.05, 3.63) is 29.3 Å². The number of aryl methyl sites for hydroxylation is 1. The van der Waals surface area contributed by atoms with Gasteiger partial charge in [-0.1, -0.05) is 13.3 Å². The third-order valence-electron chi connectivity index (χ3n) is 3.91. The smallest absolute Gasteiger partial charge is 0.241 e. The van der Waals surface area contributed by atoms with Gasteiger partial charge in [-0.15, -0.1) is 0 Å². The highest BCUT2D eigenvalue weighted by Crippen LogP contribution is 2.22. The predicted octanol–water partition coefficient (Wildman–Crippen LogP) is 2.99. The SMILES string of the molecule is CCC1CCNC(C(=O)Nc2cc(F)c(C)cc2F)C1. The monoisotopic (exact) mass is 282 g/mol. The van der Waals surface area contributed by atoms with Gasteiger partial charge in [0.2, 0.25) is 5.91 Å². The van der Waals surface area contributed by atoms with Crippen LogP contribution < -0.4 is 10.6 Å². The van der Waals surface area contributed by atoms with Gasteiger partial charge in [0.15, 0.2) is 0 Å². The first-order chi connectivity index (χ1) is 9.51. The molecule has 1 saturated heterocycles. The summed E-state index contributed by atoms with van der Waals surface area (Å²) in [6.45, 7) is 4.36. The molecule has 1 aromatic carbocycles. The number of hydrogen-bond donors (Lipinski definition) is 2. The molecule has 1 fully saturated rings.